The fourth-order valence-corrected chi connectivity index (χ4v) is 11.5. The van der Waals surface area contributed by atoms with Gasteiger partial charge < -0.3 is 25.4 Å². The van der Waals surface area contributed by atoms with Crippen LogP contribution in [-0.4, -0.2) is 52.4 Å². The van der Waals surface area contributed by atoms with Crippen molar-refractivity contribution >= 4 is 39.1 Å². The Balaban J connectivity index is 1.19. The molecular formula is C52H60N4O7S. The molecular weight excluding hydrogens is 825 g/mol. The number of sulfonamides is 1. The number of ether oxygens (including phenoxy) is 2. The molecule has 2 aliphatic rings. The molecule has 5 aromatic rings. The maximum Gasteiger partial charge on any atom is 0.247 e. The molecule has 336 valence electrons. The van der Waals surface area contributed by atoms with E-state index in [0.717, 1.165) is 41.5 Å². The van der Waals surface area contributed by atoms with Gasteiger partial charge in [-0.2, -0.15) is 4.72 Å². The number of rotatable bonds is 16. The first-order valence-corrected chi connectivity index (χ1v) is 23.6. The van der Waals surface area contributed by atoms with Gasteiger partial charge in [0.2, 0.25) is 27.7 Å². The Kier molecular flexibility index (Phi) is 14.0. The van der Waals surface area contributed by atoms with Crippen molar-refractivity contribution in [3.8, 4) is 11.5 Å². The summed E-state index contributed by atoms with van der Waals surface area (Å²) >= 11 is 0. The van der Waals surface area contributed by atoms with E-state index in [-0.39, 0.29) is 35.0 Å². The summed E-state index contributed by atoms with van der Waals surface area (Å²) in [5.41, 5.74) is 4.03. The van der Waals surface area contributed by atoms with E-state index in [2.05, 4.69) is 27.6 Å². The first-order valence-electron chi connectivity index (χ1n) is 22.1. The van der Waals surface area contributed by atoms with E-state index >= 15 is 0 Å². The number of nitrogens with one attached hydrogen (secondary N) is 4. The minimum Gasteiger partial charge on any atom is -0.497 e. The van der Waals surface area contributed by atoms with E-state index in [1.807, 2.05) is 93.6 Å². The zero-order valence-corrected chi connectivity index (χ0v) is 38.4. The van der Waals surface area contributed by atoms with E-state index in [4.69, 9.17) is 9.47 Å². The van der Waals surface area contributed by atoms with Gasteiger partial charge in [-0.3, -0.25) is 14.4 Å². The fraction of sp³-hybridized carbons (Fsp3) is 0.365. The number of amides is 3. The molecule has 0 aliphatic heterocycles. The molecule has 4 N–H and O–H groups in total. The normalized spacial score (nSPS) is 20.2. The van der Waals surface area contributed by atoms with Crippen molar-refractivity contribution in [1.29, 1.82) is 0 Å². The number of anilines is 2. The van der Waals surface area contributed by atoms with Crippen molar-refractivity contribution < 1.29 is 32.3 Å². The monoisotopic (exact) mass is 884 g/mol. The third kappa shape index (κ3) is 10.0. The van der Waals surface area contributed by atoms with Gasteiger partial charge in [0.1, 0.15) is 23.6 Å². The number of hydrogen-bond donors (Lipinski definition) is 4. The van der Waals surface area contributed by atoms with Crippen molar-refractivity contribution in [3.63, 3.8) is 0 Å². The SMILES string of the molecule is COc1ccc(NC(=O)[C@H](Cc2ccccc2)NC(=O)[C@]2(C)CCC[C@]3(C)c4cc(S(=O)(=O)N[C@@H](Cc5ccccc5)C(=O)Nc5ccc(OC)cc5)c(C(C)C)cc4CC[C@@H]23)cc1. The summed E-state index contributed by atoms with van der Waals surface area (Å²) in [6.45, 7) is 8.13. The third-order valence-electron chi connectivity index (χ3n) is 13.4. The lowest BCUT2D eigenvalue weighted by atomic mass is 9.49. The second-order valence-electron chi connectivity index (χ2n) is 18.0. The topological polar surface area (TPSA) is 152 Å². The summed E-state index contributed by atoms with van der Waals surface area (Å²) < 4.78 is 43.1. The number of hydrogen-bond acceptors (Lipinski definition) is 7. The van der Waals surface area contributed by atoms with Crippen LogP contribution in [0.5, 0.6) is 11.5 Å². The van der Waals surface area contributed by atoms with Crippen LogP contribution in [0.2, 0.25) is 0 Å². The van der Waals surface area contributed by atoms with Crippen LogP contribution in [0.15, 0.2) is 126 Å². The largest absolute Gasteiger partial charge is 0.497 e. The molecule has 3 amide bonds. The molecule has 0 saturated heterocycles. The van der Waals surface area contributed by atoms with Crippen molar-refractivity contribution in [2.24, 2.45) is 11.3 Å². The third-order valence-corrected chi connectivity index (χ3v) is 15.0. The molecule has 1 saturated carbocycles. The van der Waals surface area contributed by atoms with Gasteiger partial charge >= 0.3 is 0 Å². The van der Waals surface area contributed by atoms with Gasteiger partial charge in [0.05, 0.1) is 24.5 Å². The molecule has 0 spiro atoms. The highest BCUT2D eigenvalue weighted by Gasteiger charge is 2.55. The van der Waals surface area contributed by atoms with E-state index in [0.29, 0.717) is 47.7 Å². The minimum absolute atomic E-state index is 0.126. The molecule has 5 aromatic carbocycles. The zero-order chi connectivity index (χ0) is 45.6. The molecule has 2 aliphatic carbocycles. The Labute approximate surface area is 377 Å². The average Bonchev–Trinajstić information content (AvgIpc) is 3.29. The Morgan fingerprint density at radius 3 is 1.73 bits per heavy atom. The van der Waals surface area contributed by atoms with E-state index in [1.165, 1.54) is 0 Å². The summed E-state index contributed by atoms with van der Waals surface area (Å²) in [5.74, 6) is -0.0254. The second-order valence-corrected chi connectivity index (χ2v) is 19.7. The van der Waals surface area contributed by atoms with Crippen LogP contribution in [-0.2, 0) is 49.1 Å². The van der Waals surface area contributed by atoms with Gasteiger partial charge in [0, 0.05) is 17.8 Å². The van der Waals surface area contributed by atoms with Crippen molar-refractivity contribution in [3.05, 3.63) is 149 Å². The molecule has 1 fully saturated rings. The molecule has 12 heteroatoms. The smallest absolute Gasteiger partial charge is 0.247 e. The first kappa shape index (κ1) is 46.0. The maximum atomic E-state index is 14.9. The van der Waals surface area contributed by atoms with E-state index in [9.17, 15) is 22.8 Å². The summed E-state index contributed by atoms with van der Waals surface area (Å²) in [4.78, 5) is 43.0. The van der Waals surface area contributed by atoms with Gasteiger partial charge in [-0.25, -0.2) is 8.42 Å². The lowest BCUT2D eigenvalue weighted by Crippen LogP contribution is -2.58. The standard InChI is InChI=1S/C52H60N4O7S/c1-34(2)42-32-37-18-27-47-51(3,28-13-29-52(47,4)50(59)55-44(30-35-14-9-7-10-15-35)48(57)53-38-19-23-40(62-5)24-20-38)43(37)33-46(42)64(60,61)56-45(31-36-16-11-8-12-17-36)49(58)54-39-21-25-41(63-6)26-22-39/h7-12,14-17,19-26,32-34,44-45,47,56H,13,18,27-31H2,1-6H3,(H,53,57)(H,54,58)(H,55,59)/t44-,45-,47+,51+,52+/m0/s1. The predicted octanol–water partition coefficient (Wildman–Crippen LogP) is 8.73. The summed E-state index contributed by atoms with van der Waals surface area (Å²) in [6.07, 6.45) is 3.92. The van der Waals surface area contributed by atoms with Gasteiger partial charge in [0.25, 0.3) is 0 Å². The highest BCUT2D eigenvalue weighted by atomic mass is 32.2. The highest BCUT2D eigenvalue weighted by molar-refractivity contribution is 7.89. The zero-order valence-electron chi connectivity index (χ0n) is 37.6. The van der Waals surface area contributed by atoms with Crippen LogP contribution in [0.1, 0.15) is 87.1 Å². The lowest BCUT2D eigenvalue weighted by molar-refractivity contribution is -0.141. The van der Waals surface area contributed by atoms with Crippen LogP contribution in [0, 0.1) is 11.3 Å². The lowest BCUT2D eigenvalue weighted by Gasteiger charge is -2.55. The van der Waals surface area contributed by atoms with Crippen LogP contribution in [0.3, 0.4) is 0 Å². The van der Waals surface area contributed by atoms with Crippen LogP contribution in [0.4, 0.5) is 11.4 Å². The van der Waals surface area contributed by atoms with Crippen LogP contribution < -0.4 is 30.1 Å². The number of carbonyl (C=O) groups is 3. The molecule has 5 atom stereocenters. The molecule has 0 bridgehead atoms. The van der Waals surface area contributed by atoms with Crippen molar-refractivity contribution in [1.82, 2.24) is 10.0 Å². The van der Waals surface area contributed by atoms with Crippen LogP contribution in [0.25, 0.3) is 0 Å². The number of aryl methyl sites for hydroxylation is 1. The van der Waals surface area contributed by atoms with Crippen molar-refractivity contribution in [2.45, 2.75) is 101 Å². The van der Waals surface area contributed by atoms with Crippen molar-refractivity contribution in [2.75, 3.05) is 24.9 Å². The fourth-order valence-electron chi connectivity index (χ4n) is 9.95. The average molecular weight is 885 g/mol. The molecule has 0 aromatic heterocycles. The quantitative estimate of drug-likeness (QED) is 0.0774. The van der Waals surface area contributed by atoms with Gasteiger partial charge in [0.15, 0.2) is 0 Å². The minimum atomic E-state index is -4.29. The highest BCUT2D eigenvalue weighted by Crippen LogP contribution is 2.58. The Hall–Kier alpha value is -5.98. The number of methoxy groups -OCH3 is 2. The predicted molar refractivity (Wildman–Crippen MR) is 251 cm³/mol. The van der Waals surface area contributed by atoms with E-state index < -0.39 is 38.8 Å². The van der Waals surface area contributed by atoms with Crippen LogP contribution >= 0.6 is 0 Å². The number of carbonyl (C=O) groups excluding carboxylic acids is 3. The Bertz CT molecular complexity index is 2550. The molecule has 64 heavy (non-hydrogen) atoms. The Morgan fingerprint density at radius 2 is 1.22 bits per heavy atom. The number of benzene rings is 5. The van der Waals surface area contributed by atoms with Gasteiger partial charge in [-0.1, -0.05) is 101 Å². The molecule has 0 radical (unpaired) electrons. The van der Waals surface area contributed by atoms with E-state index in [1.54, 1.807) is 62.8 Å². The Morgan fingerprint density at radius 1 is 0.703 bits per heavy atom. The number of fused-ring (bicyclic) bond motifs is 3. The second kappa shape index (κ2) is 19.4. The summed E-state index contributed by atoms with van der Waals surface area (Å²) in [7, 11) is -1.15. The first-order chi connectivity index (χ1) is 30.6. The summed E-state index contributed by atoms with van der Waals surface area (Å²) in [5, 5.41) is 9.09. The van der Waals surface area contributed by atoms with Gasteiger partial charge in [-0.15, -0.1) is 0 Å². The summed E-state index contributed by atoms with van der Waals surface area (Å²) in [6, 6.07) is 34.8. The van der Waals surface area contributed by atoms with Gasteiger partial charge in [-0.05, 0) is 132 Å². The molecule has 0 unspecified atom stereocenters. The molecule has 0 heterocycles. The molecule has 11 nitrogen and oxygen atoms in total. The maximum absolute atomic E-state index is 14.9. The molecule has 7 rings (SSSR count).